The van der Waals surface area contributed by atoms with E-state index in [0.29, 0.717) is 11.7 Å². The van der Waals surface area contributed by atoms with Crippen molar-refractivity contribution in [2.75, 3.05) is 5.43 Å². The molecule has 2 heterocycles. The molecule has 0 unspecified atom stereocenters. The third-order valence-electron chi connectivity index (χ3n) is 3.17. The summed E-state index contributed by atoms with van der Waals surface area (Å²) in [6, 6.07) is 12.0. The highest BCUT2D eigenvalue weighted by Crippen LogP contribution is 2.14. The topological polar surface area (TPSA) is 89.6 Å². The number of rotatable bonds is 5. The molecule has 25 heavy (non-hydrogen) atoms. The van der Waals surface area contributed by atoms with Crippen LogP contribution in [-0.4, -0.2) is 22.2 Å². The molecular weight excluding hydrogens is 320 g/mol. The average molecular weight is 336 g/mol. The predicted molar refractivity (Wildman–Crippen MR) is 92.8 cm³/mol. The van der Waals surface area contributed by atoms with Crippen LogP contribution in [0.4, 0.5) is 5.95 Å². The Balaban J connectivity index is 1.59. The first-order chi connectivity index (χ1) is 12.1. The maximum Gasteiger partial charge on any atom is 0.379 e. The minimum absolute atomic E-state index is 0.156. The standard InChI is InChI=1S/C18H16N4O3/c1-12-10-13(2)21-18(20-12)22-19-11-14-5-7-15(8-6-14)25-17(23)16-4-3-9-24-16/h3-11H,1-2H3,(H,20,21,22)/b19-11+. The molecular formula is C18H16N4O3. The third kappa shape index (κ3) is 4.51. The summed E-state index contributed by atoms with van der Waals surface area (Å²) >= 11 is 0. The van der Waals surface area contributed by atoms with Crippen molar-refractivity contribution in [3.05, 3.63) is 71.4 Å². The molecule has 3 rings (SSSR count). The van der Waals surface area contributed by atoms with Crippen molar-refractivity contribution >= 4 is 18.1 Å². The highest BCUT2D eigenvalue weighted by molar-refractivity contribution is 5.88. The Hall–Kier alpha value is -3.48. The maximum absolute atomic E-state index is 11.8. The lowest BCUT2D eigenvalue weighted by molar-refractivity contribution is 0.0701. The first kappa shape index (κ1) is 16.4. The zero-order valence-electron chi connectivity index (χ0n) is 13.8. The lowest BCUT2D eigenvalue weighted by atomic mass is 10.2. The van der Waals surface area contributed by atoms with E-state index in [4.69, 9.17) is 9.15 Å². The van der Waals surface area contributed by atoms with Gasteiger partial charge in [-0.25, -0.2) is 20.2 Å². The number of carbonyl (C=O) groups excluding carboxylic acids is 1. The Labute approximate surface area is 144 Å². The fourth-order valence-electron chi connectivity index (χ4n) is 2.11. The SMILES string of the molecule is Cc1cc(C)nc(N/N=C/c2ccc(OC(=O)c3ccco3)cc2)n1. The van der Waals surface area contributed by atoms with Crippen LogP contribution in [0.5, 0.6) is 5.75 Å². The third-order valence-corrected chi connectivity index (χ3v) is 3.17. The molecule has 0 saturated heterocycles. The number of furan rings is 1. The predicted octanol–water partition coefficient (Wildman–Crippen LogP) is 3.35. The van der Waals surface area contributed by atoms with Crippen molar-refractivity contribution in [2.24, 2.45) is 5.10 Å². The number of hydrogen-bond donors (Lipinski definition) is 1. The zero-order chi connectivity index (χ0) is 17.6. The molecule has 7 heteroatoms. The first-order valence-electron chi connectivity index (χ1n) is 7.57. The van der Waals surface area contributed by atoms with Gasteiger partial charge < -0.3 is 9.15 Å². The molecule has 0 aliphatic rings. The second-order valence-corrected chi connectivity index (χ2v) is 5.28. The number of nitrogens with zero attached hydrogens (tertiary/aromatic N) is 3. The van der Waals surface area contributed by atoms with Gasteiger partial charge in [0.15, 0.2) is 0 Å². The number of anilines is 1. The van der Waals surface area contributed by atoms with Gasteiger partial charge in [0.1, 0.15) is 5.75 Å². The van der Waals surface area contributed by atoms with Gasteiger partial charge in [-0.3, -0.25) is 0 Å². The summed E-state index contributed by atoms with van der Waals surface area (Å²) in [6.07, 6.45) is 3.04. The molecule has 2 aromatic heterocycles. The van der Waals surface area contributed by atoms with Gasteiger partial charge >= 0.3 is 5.97 Å². The van der Waals surface area contributed by atoms with Crippen LogP contribution in [0.2, 0.25) is 0 Å². The van der Waals surface area contributed by atoms with Crippen LogP contribution < -0.4 is 10.2 Å². The van der Waals surface area contributed by atoms with Crippen molar-refractivity contribution in [1.82, 2.24) is 9.97 Å². The smallest absolute Gasteiger partial charge is 0.379 e. The Morgan fingerprint density at radius 1 is 1.16 bits per heavy atom. The van der Waals surface area contributed by atoms with Crippen LogP contribution in [0.15, 0.2) is 58.2 Å². The largest absolute Gasteiger partial charge is 0.457 e. The van der Waals surface area contributed by atoms with Gasteiger partial charge in [-0.05, 0) is 61.9 Å². The van der Waals surface area contributed by atoms with Gasteiger partial charge in [0.2, 0.25) is 11.7 Å². The monoisotopic (exact) mass is 336 g/mol. The summed E-state index contributed by atoms with van der Waals surface area (Å²) in [5.74, 6) is 0.477. The van der Waals surface area contributed by atoms with Crippen LogP contribution >= 0.6 is 0 Å². The van der Waals surface area contributed by atoms with E-state index in [9.17, 15) is 4.79 Å². The highest BCUT2D eigenvalue weighted by Gasteiger charge is 2.10. The first-order valence-corrected chi connectivity index (χ1v) is 7.57. The van der Waals surface area contributed by atoms with Crippen molar-refractivity contribution in [1.29, 1.82) is 0 Å². The van der Waals surface area contributed by atoms with Gasteiger partial charge in [0, 0.05) is 11.4 Å². The molecule has 0 spiro atoms. The number of carbonyl (C=O) groups is 1. The Bertz CT molecular complexity index is 867. The van der Waals surface area contributed by atoms with Crippen molar-refractivity contribution in [3.63, 3.8) is 0 Å². The quantitative estimate of drug-likeness (QED) is 0.333. The van der Waals surface area contributed by atoms with Gasteiger partial charge in [0.05, 0.1) is 12.5 Å². The van der Waals surface area contributed by atoms with E-state index in [1.807, 2.05) is 19.9 Å². The number of nitrogens with one attached hydrogen (secondary N) is 1. The summed E-state index contributed by atoms with van der Waals surface area (Å²) in [4.78, 5) is 20.2. The van der Waals surface area contributed by atoms with Crippen LogP contribution in [0.3, 0.4) is 0 Å². The number of aryl methyl sites for hydroxylation is 2. The normalized spacial score (nSPS) is 10.8. The van der Waals surface area contributed by atoms with E-state index < -0.39 is 5.97 Å². The van der Waals surface area contributed by atoms with E-state index in [1.165, 1.54) is 6.26 Å². The maximum atomic E-state index is 11.8. The number of hydrazone groups is 1. The summed E-state index contributed by atoms with van der Waals surface area (Å²) in [5.41, 5.74) is 5.35. The molecule has 0 saturated carbocycles. The Kier molecular flexibility index (Phi) is 4.84. The summed E-state index contributed by atoms with van der Waals surface area (Å²) in [6.45, 7) is 3.79. The minimum Gasteiger partial charge on any atom is -0.457 e. The van der Waals surface area contributed by atoms with E-state index in [1.54, 1.807) is 42.6 Å². The van der Waals surface area contributed by atoms with Crippen molar-refractivity contribution in [2.45, 2.75) is 13.8 Å². The Morgan fingerprint density at radius 2 is 1.88 bits per heavy atom. The van der Waals surface area contributed by atoms with E-state index in [0.717, 1.165) is 17.0 Å². The van der Waals surface area contributed by atoms with Gasteiger partial charge in [-0.15, -0.1) is 0 Å². The van der Waals surface area contributed by atoms with Gasteiger partial charge in [-0.1, -0.05) is 0 Å². The van der Waals surface area contributed by atoms with Crippen LogP contribution in [0.1, 0.15) is 27.5 Å². The van der Waals surface area contributed by atoms with Crippen LogP contribution in [0.25, 0.3) is 0 Å². The fourth-order valence-corrected chi connectivity index (χ4v) is 2.11. The molecule has 3 aromatic rings. The number of benzene rings is 1. The number of aromatic nitrogens is 2. The Morgan fingerprint density at radius 3 is 2.52 bits per heavy atom. The molecule has 0 fully saturated rings. The average Bonchev–Trinajstić information content (AvgIpc) is 3.10. The molecule has 1 aromatic carbocycles. The second-order valence-electron chi connectivity index (χ2n) is 5.28. The molecule has 0 aliphatic carbocycles. The number of esters is 1. The van der Waals surface area contributed by atoms with E-state index in [2.05, 4.69) is 20.5 Å². The summed E-state index contributed by atoms with van der Waals surface area (Å²) in [7, 11) is 0. The second kappa shape index (κ2) is 7.39. The van der Waals surface area contributed by atoms with Crippen molar-refractivity contribution < 1.29 is 13.9 Å². The molecule has 0 atom stereocenters. The lowest BCUT2D eigenvalue weighted by Crippen LogP contribution is -2.07. The summed E-state index contributed by atoms with van der Waals surface area (Å²) in [5, 5.41) is 4.10. The molecule has 7 nitrogen and oxygen atoms in total. The van der Waals surface area contributed by atoms with Gasteiger partial charge in [0.25, 0.3) is 0 Å². The van der Waals surface area contributed by atoms with Crippen molar-refractivity contribution in [3.8, 4) is 5.75 Å². The van der Waals surface area contributed by atoms with E-state index >= 15 is 0 Å². The van der Waals surface area contributed by atoms with Gasteiger partial charge in [-0.2, -0.15) is 5.10 Å². The molecule has 1 N–H and O–H groups in total. The number of hydrogen-bond acceptors (Lipinski definition) is 7. The highest BCUT2D eigenvalue weighted by atomic mass is 16.5. The van der Waals surface area contributed by atoms with E-state index in [-0.39, 0.29) is 5.76 Å². The molecule has 0 radical (unpaired) electrons. The molecule has 0 aliphatic heterocycles. The minimum atomic E-state index is -0.542. The summed E-state index contributed by atoms with van der Waals surface area (Å²) < 4.78 is 10.2. The zero-order valence-corrected chi connectivity index (χ0v) is 13.8. The molecule has 126 valence electrons. The molecule has 0 bridgehead atoms. The number of ether oxygens (including phenoxy) is 1. The lowest BCUT2D eigenvalue weighted by Gasteiger charge is -2.03. The fraction of sp³-hybridized carbons (Fsp3) is 0.111. The van der Waals surface area contributed by atoms with Crippen LogP contribution in [-0.2, 0) is 0 Å². The molecule has 0 amide bonds. The van der Waals surface area contributed by atoms with Crippen LogP contribution in [0, 0.1) is 13.8 Å².